The molecule has 4 aromatic carbocycles. The fourth-order valence-corrected chi connectivity index (χ4v) is 6.72. The highest BCUT2D eigenvalue weighted by Gasteiger charge is 2.68. The maximum absolute atomic E-state index is 14.3. The Hall–Kier alpha value is -4.51. The van der Waals surface area contributed by atoms with Crippen molar-refractivity contribution in [3.8, 4) is 0 Å². The van der Waals surface area contributed by atoms with Gasteiger partial charge in [-0.15, -0.1) is 0 Å². The van der Waals surface area contributed by atoms with Crippen LogP contribution in [0.1, 0.15) is 33.7 Å². The van der Waals surface area contributed by atoms with Gasteiger partial charge in [-0.05, 0) is 53.4 Å². The molecule has 8 rings (SSSR count). The van der Waals surface area contributed by atoms with Crippen LogP contribution in [0.4, 0.5) is 11.4 Å². The van der Waals surface area contributed by atoms with Crippen LogP contribution < -0.4 is 10.3 Å². The summed E-state index contributed by atoms with van der Waals surface area (Å²) >= 11 is 0. The molecule has 1 saturated heterocycles. The van der Waals surface area contributed by atoms with E-state index in [2.05, 4.69) is 29.7 Å². The Morgan fingerprint density at radius 1 is 0.757 bits per heavy atom. The number of anilines is 2. The third-order valence-corrected chi connectivity index (χ3v) is 8.21. The quantitative estimate of drug-likeness (QED) is 0.232. The molecule has 3 aliphatic carbocycles. The Balaban J connectivity index is 1.45. The minimum atomic E-state index is -0.874. The normalized spacial score (nSPS) is 25.2. The molecule has 1 fully saturated rings. The molecule has 0 spiro atoms. The van der Waals surface area contributed by atoms with Gasteiger partial charge in [-0.1, -0.05) is 84.4 Å². The molecule has 2 atom stereocenters. The predicted octanol–water partition coefficient (Wildman–Crippen LogP) is 5.64. The van der Waals surface area contributed by atoms with E-state index in [0.29, 0.717) is 5.69 Å². The van der Waals surface area contributed by atoms with E-state index in [1.165, 1.54) is 4.90 Å². The second kappa shape index (κ2) is 8.00. The number of carbonyl (C=O) groups is 2. The molecule has 0 radical (unpaired) electrons. The summed E-state index contributed by atoms with van der Waals surface area (Å²) in [6, 6.07) is 33.8. The molecule has 5 heteroatoms. The van der Waals surface area contributed by atoms with Crippen LogP contribution in [0.25, 0.3) is 0 Å². The minimum Gasteiger partial charge on any atom is -0.279 e. The van der Waals surface area contributed by atoms with Gasteiger partial charge in [0.15, 0.2) is 0 Å². The highest BCUT2D eigenvalue weighted by Crippen LogP contribution is 2.63. The van der Waals surface area contributed by atoms with Gasteiger partial charge in [-0.2, -0.15) is 5.10 Å². The summed E-state index contributed by atoms with van der Waals surface area (Å²) in [7, 11) is 0. The van der Waals surface area contributed by atoms with Gasteiger partial charge in [0.2, 0.25) is 11.8 Å². The van der Waals surface area contributed by atoms with E-state index in [9.17, 15) is 9.59 Å². The second-order valence-corrected chi connectivity index (χ2v) is 10.1. The zero-order valence-corrected chi connectivity index (χ0v) is 20.3. The number of imide groups is 1. The number of rotatable bonds is 4. The van der Waals surface area contributed by atoms with Gasteiger partial charge in [-0.25, -0.2) is 4.90 Å². The molecule has 1 N–H and O–H groups in total. The number of carbonyl (C=O) groups excluding carboxylic acids is 2. The molecule has 0 saturated carbocycles. The van der Waals surface area contributed by atoms with Gasteiger partial charge in [0.1, 0.15) is 0 Å². The second-order valence-electron chi connectivity index (χ2n) is 10.1. The number of para-hydroxylation sites is 1. The lowest BCUT2D eigenvalue weighted by Crippen LogP contribution is -2.54. The van der Waals surface area contributed by atoms with Crippen molar-refractivity contribution < 1.29 is 9.59 Å². The lowest BCUT2D eigenvalue weighted by Gasteiger charge is -2.52. The van der Waals surface area contributed by atoms with Gasteiger partial charge in [0.05, 0.1) is 28.6 Å². The average Bonchev–Trinajstić information content (AvgIpc) is 3.21. The zero-order valence-electron chi connectivity index (χ0n) is 20.3. The van der Waals surface area contributed by atoms with Crippen molar-refractivity contribution in [1.29, 1.82) is 0 Å². The summed E-state index contributed by atoms with van der Waals surface area (Å²) < 4.78 is 0. The first-order valence-electron chi connectivity index (χ1n) is 12.6. The molecule has 5 nitrogen and oxygen atoms in total. The van der Waals surface area contributed by atoms with E-state index < -0.39 is 17.3 Å². The largest absolute Gasteiger partial charge is 0.279 e. The van der Waals surface area contributed by atoms with E-state index in [1.807, 2.05) is 92.0 Å². The predicted molar refractivity (Wildman–Crippen MR) is 145 cm³/mol. The summed E-state index contributed by atoms with van der Waals surface area (Å²) in [6.45, 7) is 2.00. The van der Waals surface area contributed by atoms with Gasteiger partial charge >= 0.3 is 0 Å². The van der Waals surface area contributed by atoms with Gasteiger partial charge < -0.3 is 0 Å². The number of hydrogen-bond donors (Lipinski definition) is 1. The Morgan fingerprint density at radius 3 is 2.00 bits per heavy atom. The first-order valence-corrected chi connectivity index (χ1v) is 12.6. The van der Waals surface area contributed by atoms with E-state index >= 15 is 0 Å². The number of nitrogens with zero attached hydrogens (tertiary/aromatic N) is 2. The van der Waals surface area contributed by atoms with E-state index in [1.54, 1.807) is 0 Å². The smallest absolute Gasteiger partial charge is 0.239 e. The number of aryl methyl sites for hydroxylation is 1. The van der Waals surface area contributed by atoms with Crippen molar-refractivity contribution in [2.45, 2.75) is 18.3 Å². The van der Waals surface area contributed by atoms with E-state index in [4.69, 9.17) is 5.10 Å². The molecule has 180 valence electrons. The first-order chi connectivity index (χ1) is 18.1. The Morgan fingerprint density at radius 2 is 1.35 bits per heavy atom. The molecular formula is C32H25N3O2. The molecule has 0 unspecified atom stereocenters. The van der Waals surface area contributed by atoms with Gasteiger partial charge in [0.25, 0.3) is 0 Å². The highest BCUT2D eigenvalue weighted by atomic mass is 16.2. The van der Waals surface area contributed by atoms with Crippen LogP contribution in [0.5, 0.6) is 0 Å². The molecule has 0 aromatic heterocycles. The van der Waals surface area contributed by atoms with Crippen LogP contribution in [-0.4, -0.2) is 18.0 Å². The standard InChI is InChI=1S/C32H25N3O2/c1-20-15-17-22(18-16-20)35-30(36)28-27-23-11-5-7-13-25(23)32(29(28)31(35)37,26-14-8-6-12-24(26)27)19-33-34-21-9-3-2-4-10-21/h2-19,27-29,34H,1H3/b33-19-/t27?,28-,29-,32?/m0/s1. The summed E-state index contributed by atoms with van der Waals surface area (Å²) in [5.41, 5.74) is 9.12. The molecular weight excluding hydrogens is 458 g/mol. The third-order valence-electron chi connectivity index (χ3n) is 8.21. The number of nitrogens with one attached hydrogen (secondary N) is 1. The van der Waals surface area contributed by atoms with Crippen LogP contribution in [0.3, 0.4) is 0 Å². The van der Waals surface area contributed by atoms with E-state index in [-0.39, 0.29) is 17.7 Å². The summed E-state index contributed by atoms with van der Waals surface area (Å²) in [5.74, 6) is -1.57. The van der Waals surface area contributed by atoms with Crippen LogP contribution in [0, 0.1) is 18.8 Å². The van der Waals surface area contributed by atoms with Crippen molar-refractivity contribution >= 4 is 29.4 Å². The fourth-order valence-electron chi connectivity index (χ4n) is 6.72. The Kier molecular flexibility index (Phi) is 4.70. The van der Waals surface area contributed by atoms with Crippen LogP contribution >= 0.6 is 0 Å². The lowest BCUT2D eigenvalue weighted by molar-refractivity contribution is -0.122. The summed E-state index contributed by atoms with van der Waals surface area (Å²) in [4.78, 5) is 29.8. The number of amides is 2. The molecule has 37 heavy (non-hydrogen) atoms. The van der Waals surface area contributed by atoms with Crippen LogP contribution in [0.2, 0.25) is 0 Å². The van der Waals surface area contributed by atoms with Gasteiger partial charge in [-0.3, -0.25) is 15.0 Å². The van der Waals surface area contributed by atoms with Crippen molar-refractivity contribution in [2.24, 2.45) is 16.9 Å². The van der Waals surface area contributed by atoms with Crippen molar-refractivity contribution in [1.82, 2.24) is 0 Å². The number of hydrazone groups is 1. The fraction of sp³-hybridized carbons (Fsp3) is 0.156. The minimum absolute atomic E-state index is 0.137. The third kappa shape index (κ3) is 2.94. The maximum Gasteiger partial charge on any atom is 0.239 e. The monoisotopic (exact) mass is 483 g/mol. The Bertz CT molecular complexity index is 1530. The van der Waals surface area contributed by atoms with Crippen molar-refractivity contribution in [3.05, 3.63) is 131 Å². The molecule has 1 aliphatic heterocycles. The van der Waals surface area contributed by atoms with Crippen LogP contribution in [0.15, 0.2) is 108 Å². The molecule has 2 bridgehead atoms. The lowest BCUT2D eigenvalue weighted by atomic mass is 9.47. The SMILES string of the molecule is Cc1ccc(N2C(=O)[C@@H]3[C@@H](C2=O)C2c4ccccc4C3(/C=N\Nc3ccccc3)c3ccccc32)cc1. The number of hydrogen-bond acceptors (Lipinski definition) is 4. The topological polar surface area (TPSA) is 61.8 Å². The van der Waals surface area contributed by atoms with E-state index in [0.717, 1.165) is 33.5 Å². The maximum atomic E-state index is 14.3. The van der Waals surface area contributed by atoms with Crippen molar-refractivity contribution in [3.63, 3.8) is 0 Å². The first kappa shape index (κ1) is 21.7. The average molecular weight is 484 g/mol. The van der Waals surface area contributed by atoms with Gasteiger partial charge in [0, 0.05) is 12.1 Å². The summed E-state index contributed by atoms with van der Waals surface area (Å²) in [6.07, 6.45) is 1.87. The highest BCUT2D eigenvalue weighted by molar-refractivity contribution is 6.25. The Labute approximate surface area is 215 Å². The summed E-state index contributed by atoms with van der Waals surface area (Å²) in [5, 5.41) is 4.70. The van der Waals surface area contributed by atoms with Crippen LogP contribution in [-0.2, 0) is 15.0 Å². The molecule has 1 heterocycles. The molecule has 2 amide bonds. The van der Waals surface area contributed by atoms with Crippen molar-refractivity contribution in [2.75, 3.05) is 10.3 Å². The number of benzene rings is 4. The zero-order chi connectivity index (χ0) is 25.1. The molecule has 4 aromatic rings. The molecule has 4 aliphatic rings.